The highest BCUT2D eigenvalue weighted by molar-refractivity contribution is 5.89. The minimum absolute atomic E-state index is 0.239. The molecule has 1 aromatic rings. The first kappa shape index (κ1) is 8.74. The van der Waals surface area contributed by atoms with Gasteiger partial charge in [0.25, 0.3) is 0 Å². The van der Waals surface area contributed by atoms with E-state index in [9.17, 15) is 4.79 Å². The van der Waals surface area contributed by atoms with Crippen molar-refractivity contribution in [3.05, 3.63) is 22.2 Å². The lowest BCUT2D eigenvalue weighted by molar-refractivity contribution is 0.0695. The fourth-order valence-electron chi connectivity index (χ4n) is 1.59. The maximum atomic E-state index is 10.9. The van der Waals surface area contributed by atoms with Gasteiger partial charge in [0, 0.05) is 5.22 Å². The van der Waals surface area contributed by atoms with E-state index in [0.29, 0.717) is 10.6 Å². The Kier molecular flexibility index (Phi) is 1.96. The van der Waals surface area contributed by atoms with E-state index in [4.69, 9.17) is 10.8 Å². The lowest BCUT2D eigenvalue weighted by atomic mass is 10.1. The van der Waals surface area contributed by atoms with Crippen LogP contribution in [0.25, 0.3) is 12.2 Å². The summed E-state index contributed by atoms with van der Waals surface area (Å²) in [6.45, 7) is 0. The van der Waals surface area contributed by atoms with Crippen molar-refractivity contribution in [2.24, 2.45) is 0 Å². The van der Waals surface area contributed by atoms with Crippen molar-refractivity contribution in [2.45, 2.75) is 12.8 Å². The van der Waals surface area contributed by atoms with Crippen LogP contribution in [-0.2, 0) is 0 Å². The number of hydrogen-bond acceptors (Lipinski definition) is 3. The van der Waals surface area contributed by atoms with Crippen LogP contribution in [0.2, 0.25) is 0 Å². The normalized spacial score (nSPS) is 13.7. The van der Waals surface area contributed by atoms with Gasteiger partial charge < -0.3 is 10.8 Å². The maximum absolute atomic E-state index is 10.9. The minimum atomic E-state index is -0.957. The fraction of sp³-hybridized carbons (Fsp3) is 0.200. The average molecular weight is 190 g/mol. The van der Waals surface area contributed by atoms with E-state index in [0.717, 1.165) is 12.8 Å². The molecular formula is C10H10N2O2. The molecule has 4 nitrogen and oxygen atoms in total. The molecule has 3 N–H and O–H groups in total. The van der Waals surface area contributed by atoms with Gasteiger partial charge in [-0.1, -0.05) is 12.2 Å². The number of rotatable bonds is 1. The zero-order chi connectivity index (χ0) is 10.1. The molecule has 1 aliphatic carbocycles. The smallest absolute Gasteiger partial charge is 0.336 e. The van der Waals surface area contributed by atoms with Crippen LogP contribution in [0.15, 0.2) is 6.07 Å². The Balaban J connectivity index is 2.85. The number of aromatic carboxylic acids is 1. The van der Waals surface area contributed by atoms with Gasteiger partial charge >= 0.3 is 5.97 Å². The Labute approximate surface area is 80.4 Å². The third-order valence-electron chi connectivity index (χ3n) is 2.19. The highest BCUT2D eigenvalue weighted by Crippen LogP contribution is 2.00. The molecule has 1 aromatic heterocycles. The van der Waals surface area contributed by atoms with Crippen LogP contribution in [0, 0.1) is 0 Å². The van der Waals surface area contributed by atoms with E-state index in [2.05, 4.69) is 4.98 Å². The molecular weight excluding hydrogens is 180 g/mol. The number of carboxylic acids is 1. The highest BCUT2D eigenvalue weighted by atomic mass is 16.4. The number of aromatic nitrogens is 1. The Hall–Kier alpha value is -1.84. The molecule has 0 aromatic carbocycles. The molecule has 0 unspecified atom stereocenters. The zero-order valence-corrected chi connectivity index (χ0v) is 7.53. The Morgan fingerprint density at radius 3 is 2.86 bits per heavy atom. The third kappa shape index (κ3) is 1.35. The summed E-state index contributed by atoms with van der Waals surface area (Å²) < 4.78 is 0. The number of hydrogen-bond donors (Lipinski definition) is 2. The second-order valence-corrected chi connectivity index (χ2v) is 3.18. The first-order chi connectivity index (χ1) is 6.68. The van der Waals surface area contributed by atoms with Gasteiger partial charge in [-0.3, -0.25) is 0 Å². The van der Waals surface area contributed by atoms with Gasteiger partial charge in [-0.2, -0.15) is 0 Å². The van der Waals surface area contributed by atoms with Gasteiger partial charge in [0.05, 0.1) is 10.9 Å². The molecule has 0 saturated heterocycles. The van der Waals surface area contributed by atoms with Crippen molar-refractivity contribution < 1.29 is 9.90 Å². The molecule has 14 heavy (non-hydrogen) atoms. The largest absolute Gasteiger partial charge is 0.478 e. The van der Waals surface area contributed by atoms with Crippen LogP contribution < -0.4 is 16.3 Å². The van der Waals surface area contributed by atoms with Gasteiger partial charge in [0.15, 0.2) is 0 Å². The van der Waals surface area contributed by atoms with Crippen molar-refractivity contribution in [1.29, 1.82) is 0 Å². The molecule has 2 rings (SSSR count). The van der Waals surface area contributed by atoms with Gasteiger partial charge in [0.2, 0.25) is 0 Å². The lowest BCUT2D eigenvalue weighted by Gasteiger charge is -2.03. The number of nitrogens with two attached hydrogens (primary N) is 1. The molecule has 0 saturated carbocycles. The van der Waals surface area contributed by atoms with E-state index in [-0.39, 0.29) is 11.4 Å². The number of nitrogen functional groups attached to an aromatic ring is 1. The average Bonchev–Trinajstić information content (AvgIpc) is 2.16. The molecule has 1 heterocycles. The molecule has 0 fully saturated rings. The predicted octanol–water partition coefficient (Wildman–Crippen LogP) is -0.283. The summed E-state index contributed by atoms with van der Waals surface area (Å²) in [6.07, 6.45) is 5.56. The zero-order valence-electron chi connectivity index (χ0n) is 7.53. The fourth-order valence-corrected chi connectivity index (χ4v) is 1.59. The van der Waals surface area contributed by atoms with Crippen molar-refractivity contribution in [1.82, 2.24) is 4.98 Å². The first-order valence-corrected chi connectivity index (χ1v) is 4.38. The molecule has 0 amide bonds. The number of carboxylic acid groups (broad SMARTS) is 1. The molecule has 0 aliphatic heterocycles. The van der Waals surface area contributed by atoms with Crippen molar-refractivity contribution in [3.8, 4) is 0 Å². The maximum Gasteiger partial charge on any atom is 0.336 e. The predicted molar refractivity (Wildman–Crippen MR) is 53.0 cm³/mol. The Bertz CT molecular complexity index is 506. The van der Waals surface area contributed by atoms with Crippen LogP contribution in [0.4, 0.5) is 5.82 Å². The number of carbonyl (C=O) groups is 1. The summed E-state index contributed by atoms with van der Waals surface area (Å²) >= 11 is 0. The van der Waals surface area contributed by atoms with Crippen LogP contribution in [0.3, 0.4) is 0 Å². The summed E-state index contributed by atoms with van der Waals surface area (Å²) in [4.78, 5) is 15.0. The standard InChI is InChI=1S/C10H10N2O2/c11-9-5-7(10(13)14)6-3-1-2-4-8(6)12-9/h3-5H,1-2H2,(H2,11,12)(H,13,14). The molecule has 1 aliphatic rings. The summed E-state index contributed by atoms with van der Waals surface area (Å²) in [7, 11) is 0. The van der Waals surface area contributed by atoms with E-state index < -0.39 is 5.97 Å². The van der Waals surface area contributed by atoms with Crippen molar-refractivity contribution >= 4 is 23.9 Å². The molecule has 0 spiro atoms. The summed E-state index contributed by atoms with van der Waals surface area (Å²) in [5.41, 5.74) is 5.75. The van der Waals surface area contributed by atoms with E-state index in [1.165, 1.54) is 6.07 Å². The van der Waals surface area contributed by atoms with Crippen LogP contribution in [-0.4, -0.2) is 16.1 Å². The highest BCUT2D eigenvalue weighted by Gasteiger charge is 2.09. The van der Waals surface area contributed by atoms with Crippen molar-refractivity contribution in [2.75, 3.05) is 5.73 Å². The monoisotopic (exact) mass is 190 g/mol. The topological polar surface area (TPSA) is 76.2 Å². The number of nitrogens with zero attached hydrogens (tertiary/aromatic N) is 1. The number of fused-ring (bicyclic) bond motifs is 1. The summed E-state index contributed by atoms with van der Waals surface area (Å²) in [5, 5.41) is 10.3. The molecule has 0 radical (unpaired) electrons. The first-order valence-electron chi connectivity index (χ1n) is 4.38. The van der Waals surface area contributed by atoms with E-state index >= 15 is 0 Å². The molecule has 72 valence electrons. The lowest BCUT2D eigenvalue weighted by Crippen LogP contribution is -2.35. The van der Waals surface area contributed by atoms with Crippen LogP contribution in [0.5, 0.6) is 0 Å². The second kappa shape index (κ2) is 3.14. The van der Waals surface area contributed by atoms with Gasteiger partial charge in [0.1, 0.15) is 5.82 Å². The summed E-state index contributed by atoms with van der Waals surface area (Å²) in [6, 6.07) is 1.40. The Morgan fingerprint density at radius 2 is 2.14 bits per heavy atom. The minimum Gasteiger partial charge on any atom is -0.478 e. The summed E-state index contributed by atoms with van der Waals surface area (Å²) in [5.74, 6) is -0.699. The second-order valence-electron chi connectivity index (χ2n) is 3.18. The molecule has 0 bridgehead atoms. The Morgan fingerprint density at radius 1 is 1.43 bits per heavy atom. The van der Waals surface area contributed by atoms with E-state index in [1.807, 2.05) is 12.2 Å². The third-order valence-corrected chi connectivity index (χ3v) is 2.19. The van der Waals surface area contributed by atoms with Crippen LogP contribution in [0.1, 0.15) is 23.2 Å². The van der Waals surface area contributed by atoms with Gasteiger partial charge in [-0.15, -0.1) is 0 Å². The van der Waals surface area contributed by atoms with E-state index in [1.54, 1.807) is 0 Å². The number of anilines is 1. The molecule has 4 heteroatoms. The SMILES string of the molecule is Nc1cc(C(=O)O)c2c(n1)=CCCC=2. The quantitative estimate of drug-likeness (QED) is 0.638. The van der Waals surface area contributed by atoms with Crippen molar-refractivity contribution in [3.63, 3.8) is 0 Å². The molecule has 0 atom stereocenters. The van der Waals surface area contributed by atoms with Gasteiger partial charge in [-0.25, -0.2) is 9.78 Å². The number of pyridine rings is 1. The van der Waals surface area contributed by atoms with Gasteiger partial charge in [-0.05, 0) is 18.9 Å². The van der Waals surface area contributed by atoms with Crippen LogP contribution >= 0.6 is 0 Å².